The van der Waals surface area contributed by atoms with Gasteiger partial charge in [-0.15, -0.1) is 0 Å². The Balaban J connectivity index is 1.88. The summed E-state index contributed by atoms with van der Waals surface area (Å²) in [5, 5.41) is 9.03. The zero-order valence-corrected chi connectivity index (χ0v) is 14.5. The van der Waals surface area contributed by atoms with Crippen LogP contribution in [0.3, 0.4) is 0 Å². The smallest absolute Gasteiger partial charge is 0.291 e. The van der Waals surface area contributed by atoms with E-state index in [-0.39, 0.29) is 17.5 Å². The molecule has 1 amide bonds. The first-order valence-electron chi connectivity index (χ1n) is 8.83. The molecular weight excluding hydrogens is 316 g/mol. The third-order valence-corrected chi connectivity index (χ3v) is 5.27. The van der Waals surface area contributed by atoms with Gasteiger partial charge in [-0.2, -0.15) is 5.10 Å². The largest absolute Gasteiger partial charge is 0.352 e. The molecule has 0 aliphatic heterocycles. The number of aromatic nitrogens is 3. The van der Waals surface area contributed by atoms with Crippen LogP contribution >= 0.6 is 0 Å². The molecule has 130 valence electrons. The van der Waals surface area contributed by atoms with Gasteiger partial charge in [-0.1, -0.05) is 31.0 Å². The van der Waals surface area contributed by atoms with Crippen molar-refractivity contribution < 1.29 is 4.79 Å². The lowest BCUT2D eigenvalue weighted by Gasteiger charge is -2.19. The van der Waals surface area contributed by atoms with Gasteiger partial charge < -0.3 is 9.88 Å². The molecule has 0 radical (unpaired) electrons. The van der Waals surface area contributed by atoms with Crippen molar-refractivity contribution in [3.8, 4) is 0 Å². The second-order valence-corrected chi connectivity index (χ2v) is 6.89. The molecule has 1 aliphatic carbocycles. The Hall–Kier alpha value is -2.63. The van der Waals surface area contributed by atoms with E-state index in [2.05, 4.69) is 10.4 Å². The summed E-state index contributed by atoms with van der Waals surface area (Å²) >= 11 is 0. The standard InChI is InChI=1S/C19H22N4O2/c1-12(18(24)21-13-7-3-4-8-13)23-16-10-6-5-9-14(16)15-11-20-22(2)19(25)17(15)23/h5-6,9-13H,3-4,7-8H2,1-2H3,(H,21,24). The Labute approximate surface area is 145 Å². The van der Waals surface area contributed by atoms with Crippen LogP contribution in [0.4, 0.5) is 0 Å². The van der Waals surface area contributed by atoms with Crippen molar-refractivity contribution in [1.82, 2.24) is 19.7 Å². The van der Waals surface area contributed by atoms with Gasteiger partial charge in [0.1, 0.15) is 11.6 Å². The van der Waals surface area contributed by atoms with E-state index in [1.165, 1.54) is 17.5 Å². The number of rotatable bonds is 3. The van der Waals surface area contributed by atoms with Crippen LogP contribution in [0.1, 0.15) is 38.6 Å². The second kappa shape index (κ2) is 6.02. The molecule has 1 atom stereocenters. The molecular formula is C19H22N4O2. The molecule has 1 saturated carbocycles. The molecule has 1 aliphatic rings. The van der Waals surface area contributed by atoms with Crippen LogP contribution in [0, 0.1) is 0 Å². The third-order valence-electron chi connectivity index (χ3n) is 5.27. The van der Waals surface area contributed by atoms with Gasteiger partial charge in [0.2, 0.25) is 5.91 Å². The summed E-state index contributed by atoms with van der Waals surface area (Å²) in [6, 6.07) is 7.58. The van der Waals surface area contributed by atoms with Crippen molar-refractivity contribution in [2.45, 2.75) is 44.7 Å². The average molecular weight is 338 g/mol. The lowest BCUT2D eigenvalue weighted by atomic mass is 10.2. The van der Waals surface area contributed by atoms with Gasteiger partial charge in [-0.05, 0) is 25.8 Å². The lowest BCUT2D eigenvalue weighted by Crippen LogP contribution is -2.38. The number of carbonyl (C=O) groups excluding carboxylic acids is 1. The van der Waals surface area contributed by atoms with Gasteiger partial charge in [-0.25, -0.2) is 4.68 Å². The van der Waals surface area contributed by atoms with Gasteiger partial charge in [0.25, 0.3) is 5.56 Å². The van der Waals surface area contributed by atoms with Gasteiger partial charge in [-0.3, -0.25) is 9.59 Å². The highest BCUT2D eigenvalue weighted by atomic mass is 16.2. The summed E-state index contributed by atoms with van der Waals surface area (Å²) in [6.45, 7) is 1.86. The zero-order chi connectivity index (χ0) is 17.6. The molecule has 4 rings (SSSR count). The quantitative estimate of drug-likeness (QED) is 0.798. The summed E-state index contributed by atoms with van der Waals surface area (Å²) in [4.78, 5) is 25.6. The van der Waals surface area contributed by atoms with Crippen LogP contribution in [0.25, 0.3) is 21.8 Å². The molecule has 2 heterocycles. The number of amides is 1. The van der Waals surface area contributed by atoms with E-state index < -0.39 is 6.04 Å². The predicted octanol–water partition coefficient (Wildman–Crippen LogP) is 2.51. The van der Waals surface area contributed by atoms with E-state index >= 15 is 0 Å². The van der Waals surface area contributed by atoms with Crippen LogP contribution in [0.2, 0.25) is 0 Å². The van der Waals surface area contributed by atoms with Gasteiger partial charge >= 0.3 is 0 Å². The van der Waals surface area contributed by atoms with Crippen LogP contribution in [0.5, 0.6) is 0 Å². The maximum absolute atomic E-state index is 12.8. The van der Waals surface area contributed by atoms with E-state index in [0.29, 0.717) is 5.52 Å². The van der Waals surface area contributed by atoms with Gasteiger partial charge in [0.05, 0.1) is 11.7 Å². The number of hydrogen-bond donors (Lipinski definition) is 1. The minimum atomic E-state index is -0.460. The van der Waals surface area contributed by atoms with Crippen molar-refractivity contribution in [2.75, 3.05) is 0 Å². The monoisotopic (exact) mass is 338 g/mol. The summed E-state index contributed by atoms with van der Waals surface area (Å²) in [5.74, 6) is -0.0339. The Morgan fingerprint density at radius 2 is 1.96 bits per heavy atom. The Morgan fingerprint density at radius 3 is 2.72 bits per heavy atom. The fraction of sp³-hybridized carbons (Fsp3) is 0.421. The van der Waals surface area contributed by atoms with E-state index in [0.717, 1.165) is 29.1 Å². The number of hydrogen-bond acceptors (Lipinski definition) is 3. The van der Waals surface area contributed by atoms with E-state index in [9.17, 15) is 9.59 Å². The summed E-state index contributed by atoms with van der Waals surface area (Å²) in [6.07, 6.45) is 6.12. The number of benzene rings is 1. The maximum Gasteiger partial charge on any atom is 0.291 e. The molecule has 1 N–H and O–H groups in total. The van der Waals surface area contributed by atoms with Crippen molar-refractivity contribution in [2.24, 2.45) is 7.05 Å². The topological polar surface area (TPSA) is 68.9 Å². The van der Waals surface area contributed by atoms with Gasteiger partial charge in [0, 0.05) is 23.9 Å². The van der Waals surface area contributed by atoms with Crippen LogP contribution in [0.15, 0.2) is 35.3 Å². The van der Waals surface area contributed by atoms with Crippen LogP contribution in [-0.2, 0) is 11.8 Å². The number of para-hydroxylation sites is 1. The fourth-order valence-electron chi connectivity index (χ4n) is 3.90. The molecule has 6 heteroatoms. The van der Waals surface area contributed by atoms with E-state index in [1.807, 2.05) is 35.8 Å². The number of aryl methyl sites for hydroxylation is 1. The molecule has 0 bridgehead atoms. The Morgan fingerprint density at radius 1 is 1.24 bits per heavy atom. The number of fused-ring (bicyclic) bond motifs is 3. The molecule has 3 aromatic rings. The second-order valence-electron chi connectivity index (χ2n) is 6.89. The van der Waals surface area contributed by atoms with Crippen molar-refractivity contribution in [3.05, 3.63) is 40.8 Å². The molecule has 2 aromatic heterocycles. The number of nitrogens with one attached hydrogen (secondary N) is 1. The molecule has 1 aromatic carbocycles. The maximum atomic E-state index is 12.8. The number of nitrogens with zero attached hydrogens (tertiary/aromatic N) is 3. The zero-order valence-electron chi connectivity index (χ0n) is 14.5. The molecule has 1 unspecified atom stereocenters. The summed E-state index contributed by atoms with van der Waals surface area (Å²) < 4.78 is 3.18. The minimum absolute atomic E-state index is 0.0339. The molecule has 0 spiro atoms. The van der Waals surface area contributed by atoms with Crippen LogP contribution in [-0.4, -0.2) is 26.3 Å². The summed E-state index contributed by atoms with van der Waals surface area (Å²) in [7, 11) is 1.63. The first-order valence-corrected chi connectivity index (χ1v) is 8.83. The highest BCUT2D eigenvalue weighted by molar-refractivity contribution is 6.08. The molecule has 1 fully saturated rings. The first kappa shape index (κ1) is 15.9. The number of carbonyl (C=O) groups is 1. The van der Waals surface area contributed by atoms with Gasteiger partial charge in [0.15, 0.2) is 0 Å². The summed E-state index contributed by atoms with van der Waals surface area (Å²) in [5.41, 5.74) is 1.23. The normalized spacial score (nSPS) is 16.6. The van der Waals surface area contributed by atoms with E-state index in [4.69, 9.17) is 0 Å². The van der Waals surface area contributed by atoms with Crippen LogP contribution < -0.4 is 10.9 Å². The van der Waals surface area contributed by atoms with Crippen molar-refractivity contribution >= 4 is 27.7 Å². The third kappa shape index (κ3) is 2.52. The lowest BCUT2D eigenvalue weighted by molar-refractivity contribution is -0.124. The Bertz CT molecular complexity index is 1010. The van der Waals surface area contributed by atoms with Crippen molar-refractivity contribution in [1.29, 1.82) is 0 Å². The Kier molecular flexibility index (Phi) is 3.82. The highest BCUT2D eigenvalue weighted by Gasteiger charge is 2.25. The molecule has 25 heavy (non-hydrogen) atoms. The molecule has 6 nitrogen and oxygen atoms in total. The predicted molar refractivity (Wildman–Crippen MR) is 97.6 cm³/mol. The van der Waals surface area contributed by atoms with Crippen molar-refractivity contribution in [3.63, 3.8) is 0 Å². The average Bonchev–Trinajstić information content (AvgIpc) is 3.23. The molecule has 0 saturated heterocycles. The first-order chi connectivity index (χ1) is 12.1. The highest BCUT2D eigenvalue weighted by Crippen LogP contribution is 2.29. The minimum Gasteiger partial charge on any atom is -0.352 e. The SMILES string of the molecule is CC(C(=O)NC1CCCC1)n1c2ccccc2c2cnn(C)c(=O)c21. The van der Waals surface area contributed by atoms with E-state index in [1.54, 1.807) is 13.2 Å². The fourth-order valence-corrected chi connectivity index (χ4v) is 3.90.